The van der Waals surface area contributed by atoms with Crippen molar-refractivity contribution in [3.63, 3.8) is 0 Å². The highest BCUT2D eigenvalue weighted by Gasteiger charge is 2.27. The summed E-state index contributed by atoms with van der Waals surface area (Å²) < 4.78 is 11.4. The molecule has 8 nitrogen and oxygen atoms in total. The van der Waals surface area contributed by atoms with E-state index in [2.05, 4.69) is 15.0 Å². The number of ether oxygens (including phenoxy) is 2. The summed E-state index contributed by atoms with van der Waals surface area (Å²) >= 11 is 6.55. The van der Waals surface area contributed by atoms with E-state index in [9.17, 15) is 4.79 Å². The summed E-state index contributed by atoms with van der Waals surface area (Å²) in [5.74, 6) is -0.415. The number of carbonyl (C=O) groups is 1. The normalized spacial score (nSPS) is 17.9. The molecule has 1 aliphatic rings. The van der Waals surface area contributed by atoms with Crippen LogP contribution in [0.3, 0.4) is 0 Å². The van der Waals surface area contributed by atoms with Crippen LogP contribution >= 0.6 is 11.6 Å². The molecule has 4 aromatic rings. The molecule has 180 valence electrons. The molecule has 0 saturated heterocycles. The van der Waals surface area contributed by atoms with Crippen molar-refractivity contribution in [2.24, 2.45) is 5.92 Å². The van der Waals surface area contributed by atoms with Crippen LogP contribution in [-0.2, 0) is 4.79 Å². The number of rotatable bonds is 7. The van der Waals surface area contributed by atoms with Gasteiger partial charge in [0.1, 0.15) is 11.6 Å². The third-order valence-electron chi connectivity index (χ3n) is 6.23. The fourth-order valence-electron chi connectivity index (χ4n) is 4.34. The highest BCUT2D eigenvalue weighted by atomic mass is 35.5. The second-order valence-corrected chi connectivity index (χ2v) is 8.96. The molecule has 1 saturated carbocycles. The van der Waals surface area contributed by atoms with E-state index in [-0.39, 0.29) is 12.0 Å². The molecule has 0 bridgehead atoms. The van der Waals surface area contributed by atoms with Gasteiger partial charge in [-0.3, -0.25) is 9.78 Å². The summed E-state index contributed by atoms with van der Waals surface area (Å²) in [5.41, 5.74) is 4.73. The smallest absolute Gasteiger partial charge is 0.306 e. The standard InChI is InChI=1S/C26H25ClN4O4/c1-2-34-22-12-9-18(14-28-22)15-3-5-16(6-4-15)23-20(27)13-21-24(30-23)31-26(29-21)35-19-10-7-17(8-11-19)25(32)33/h3-6,9,12-14,17,19H,2,7-8,10-11H2,1H3,(H,32,33)(H,29,30,31)/t17-,19-. The lowest BCUT2D eigenvalue weighted by atomic mass is 9.87. The Morgan fingerprint density at radius 1 is 1.06 bits per heavy atom. The average molecular weight is 493 g/mol. The first-order chi connectivity index (χ1) is 17.0. The van der Waals surface area contributed by atoms with Crippen LogP contribution < -0.4 is 9.47 Å². The van der Waals surface area contributed by atoms with Crippen molar-refractivity contribution in [3.8, 4) is 34.3 Å². The second kappa shape index (κ2) is 9.92. The monoisotopic (exact) mass is 492 g/mol. The maximum absolute atomic E-state index is 11.2. The molecule has 3 aromatic heterocycles. The predicted molar refractivity (Wildman–Crippen MR) is 133 cm³/mol. The van der Waals surface area contributed by atoms with Crippen molar-refractivity contribution < 1.29 is 19.4 Å². The molecule has 3 heterocycles. The molecule has 35 heavy (non-hydrogen) atoms. The number of fused-ring (bicyclic) bond motifs is 1. The first-order valence-corrected chi connectivity index (χ1v) is 12.0. The van der Waals surface area contributed by atoms with Gasteiger partial charge in [0, 0.05) is 23.4 Å². The molecule has 0 amide bonds. The Bertz CT molecular complexity index is 1330. The average Bonchev–Trinajstić information content (AvgIpc) is 3.25. The lowest BCUT2D eigenvalue weighted by molar-refractivity contribution is -0.143. The van der Waals surface area contributed by atoms with Crippen LogP contribution in [0.2, 0.25) is 5.02 Å². The van der Waals surface area contributed by atoms with Crippen LogP contribution in [0.4, 0.5) is 0 Å². The number of carboxylic acids is 1. The second-order valence-electron chi connectivity index (χ2n) is 8.55. The molecule has 9 heteroatoms. The zero-order chi connectivity index (χ0) is 24.4. The van der Waals surface area contributed by atoms with Crippen molar-refractivity contribution in [2.75, 3.05) is 6.61 Å². The van der Waals surface area contributed by atoms with Crippen LogP contribution in [0, 0.1) is 5.92 Å². The lowest BCUT2D eigenvalue weighted by Crippen LogP contribution is -2.28. The highest BCUT2D eigenvalue weighted by molar-refractivity contribution is 6.33. The number of pyridine rings is 2. The maximum Gasteiger partial charge on any atom is 0.306 e. The molecule has 1 fully saturated rings. The molecule has 2 N–H and O–H groups in total. The molecule has 0 unspecified atom stereocenters. The molecule has 1 aromatic carbocycles. The Balaban J connectivity index is 1.32. The Hall–Kier alpha value is -3.65. The van der Waals surface area contributed by atoms with E-state index in [1.54, 1.807) is 12.3 Å². The number of aromatic amines is 1. The van der Waals surface area contributed by atoms with Crippen LogP contribution in [-0.4, -0.2) is 43.7 Å². The maximum atomic E-state index is 11.2. The summed E-state index contributed by atoms with van der Waals surface area (Å²) in [7, 11) is 0. The summed E-state index contributed by atoms with van der Waals surface area (Å²) in [4.78, 5) is 27.8. The zero-order valence-electron chi connectivity index (χ0n) is 19.2. The summed E-state index contributed by atoms with van der Waals surface area (Å²) in [5, 5.41) is 9.66. The van der Waals surface area contributed by atoms with E-state index in [1.807, 2.05) is 43.3 Å². The minimum atomic E-state index is -0.734. The quantitative estimate of drug-likeness (QED) is 0.337. The number of hydrogen-bond donors (Lipinski definition) is 2. The van der Waals surface area contributed by atoms with E-state index in [1.165, 1.54) is 0 Å². The van der Waals surface area contributed by atoms with E-state index < -0.39 is 5.97 Å². The molecule has 1 aliphatic carbocycles. The van der Waals surface area contributed by atoms with E-state index >= 15 is 0 Å². The third-order valence-corrected chi connectivity index (χ3v) is 6.51. The number of imidazole rings is 1. The lowest BCUT2D eigenvalue weighted by Gasteiger charge is -2.25. The molecule has 0 atom stereocenters. The van der Waals surface area contributed by atoms with Gasteiger partial charge in [-0.1, -0.05) is 35.9 Å². The SMILES string of the molecule is CCOc1ccc(-c2ccc(-c3nc4[nH]c(O[C@H]5CC[C@H](C(=O)O)CC5)nc4cc3Cl)cc2)cn1. The van der Waals surface area contributed by atoms with Gasteiger partial charge < -0.3 is 14.6 Å². The van der Waals surface area contributed by atoms with Gasteiger partial charge in [-0.25, -0.2) is 9.97 Å². The van der Waals surface area contributed by atoms with E-state index in [4.69, 9.17) is 31.2 Å². The number of carboxylic acid groups (broad SMARTS) is 1. The molecular weight excluding hydrogens is 468 g/mol. The largest absolute Gasteiger partial charge is 0.481 e. The van der Waals surface area contributed by atoms with Crippen LogP contribution in [0.5, 0.6) is 11.9 Å². The number of nitrogens with zero attached hydrogens (tertiary/aromatic N) is 3. The number of aliphatic carboxylic acids is 1. The van der Waals surface area contributed by atoms with E-state index in [0.717, 1.165) is 16.7 Å². The minimum absolute atomic E-state index is 0.0641. The Labute approximate surface area is 207 Å². The Kier molecular flexibility index (Phi) is 6.55. The Morgan fingerprint density at radius 3 is 2.43 bits per heavy atom. The highest BCUT2D eigenvalue weighted by Crippen LogP contribution is 2.32. The summed E-state index contributed by atoms with van der Waals surface area (Å²) in [6.07, 6.45) is 4.31. The first-order valence-electron chi connectivity index (χ1n) is 11.7. The van der Waals surface area contributed by atoms with Crippen LogP contribution in [0.15, 0.2) is 48.7 Å². The molecule has 0 aliphatic heterocycles. The number of aromatic nitrogens is 4. The predicted octanol–water partition coefficient (Wildman–Crippen LogP) is 5.76. The molecular formula is C26H25ClN4O4. The van der Waals surface area contributed by atoms with Gasteiger partial charge in [0.15, 0.2) is 5.65 Å². The number of H-pyrrole nitrogens is 1. The fourth-order valence-corrected chi connectivity index (χ4v) is 4.60. The molecule has 0 spiro atoms. The van der Waals surface area contributed by atoms with E-state index in [0.29, 0.717) is 66.1 Å². The van der Waals surface area contributed by atoms with Gasteiger partial charge in [-0.15, -0.1) is 0 Å². The third kappa shape index (κ3) is 5.07. The molecule has 5 rings (SSSR count). The summed E-state index contributed by atoms with van der Waals surface area (Å²) in [6.45, 7) is 2.51. The van der Waals surface area contributed by atoms with Crippen LogP contribution in [0.25, 0.3) is 33.5 Å². The number of nitrogens with one attached hydrogen (secondary N) is 1. The van der Waals surface area contributed by atoms with Gasteiger partial charge in [0.05, 0.1) is 23.2 Å². The van der Waals surface area contributed by atoms with Crippen molar-refractivity contribution in [1.82, 2.24) is 19.9 Å². The number of hydrogen-bond acceptors (Lipinski definition) is 6. The minimum Gasteiger partial charge on any atom is -0.481 e. The van der Waals surface area contributed by atoms with Crippen molar-refractivity contribution in [2.45, 2.75) is 38.7 Å². The topological polar surface area (TPSA) is 110 Å². The Morgan fingerprint density at radius 2 is 1.77 bits per heavy atom. The first kappa shape index (κ1) is 23.1. The van der Waals surface area contributed by atoms with Gasteiger partial charge in [0.2, 0.25) is 5.88 Å². The molecule has 0 radical (unpaired) electrons. The number of benzene rings is 1. The zero-order valence-corrected chi connectivity index (χ0v) is 20.0. The van der Waals surface area contributed by atoms with Crippen molar-refractivity contribution in [1.29, 1.82) is 0 Å². The van der Waals surface area contributed by atoms with Gasteiger partial charge in [-0.05, 0) is 50.3 Å². The number of halogens is 1. The van der Waals surface area contributed by atoms with Gasteiger partial charge in [0.25, 0.3) is 6.01 Å². The van der Waals surface area contributed by atoms with Crippen molar-refractivity contribution >= 4 is 28.7 Å². The van der Waals surface area contributed by atoms with Gasteiger partial charge >= 0.3 is 5.97 Å². The van der Waals surface area contributed by atoms with Gasteiger partial charge in [-0.2, -0.15) is 4.98 Å². The summed E-state index contributed by atoms with van der Waals surface area (Å²) in [6, 6.07) is 13.9. The van der Waals surface area contributed by atoms with Crippen molar-refractivity contribution in [3.05, 3.63) is 53.7 Å². The van der Waals surface area contributed by atoms with Crippen LogP contribution in [0.1, 0.15) is 32.6 Å². The fraction of sp³-hybridized carbons (Fsp3) is 0.308.